The monoisotopic (exact) mass is 317 g/mol. The molecular formula is C15H21F2NO2S. The Hall–Kier alpha value is -1.01. The maximum atomic E-state index is 14.1. The van der Waals surface area contributed by atoms with E-state index in [1.54, 1.807) is 12.1 Å². The summed E-state index contributed by atoms with van der Waals surface area (Å²) in [5.74, 6) is -1.31. The van der Waals surface area contributed by atoms with E-state index < -0.39 is 21.5 Å². The van der Waals surface area contributed by atoms with Gasteiger partial charge in [0, 0.05) is 11.6 Å². The highest BCUT2D eigenvalue weighted by molar-refractivity contribution is 7.91. The van der Waals surface area contributed by atoms with Gasteiger partial charge in [0.15, 0.2) is 21.5 Å². The largest absolute Gasteiger partial charge is 0.310 e. The summed E-state index contributed by atoms with van der Waals surface area (Å²) in [5.41, 5.74) is 0.555. The van der Waals surface area contributed by atoms with Crippen molar-refractivity contribution in [2.24, 2.45) is 5.92 Å². The van der Waals surface area contributed by atoms with E-state index in [4.69, 9.17) is 0 Å². The SMILES string of the molecule is CCNC(CC1CCS(=O)(=O)C1)c1ccc(C)c(F)c1F. The molecule has 1 N–H and O–H groups in total. The van der Waals surface area contributed by atoms with Crippen LogP contribution in [0.15, 0.2) is 12.1 Å². The molecule has 1 heterocycles. The fourth-order valence-electron chi connectivity index (χ4n) is 2.89. The highest BCUT2D eigenvalue weighted by Crippen LogP contribution is 2.31. The maximum Gasteiger partial charge on any atom is 0.163 e. The first-order valence-electron chi connectivity index (χ1n) is 7.22. The molecule has 0 saturated carbocycles. The fourth-order valence-corrected chi connectivity index (χ4v) is 4.77. The third-order valence-corrected chi connectivity index (χ3v) is 5.86. The van der Waals surface area contributed by atoms with Crippen LogP contribution in [0.2, 0.25) is 0 Å². The minimum atomic E-state index is -2.96. The Bertz CT molecular complexity index is 616. The summed E-state index contributed by atoms with van der Waals surface area (Å²) >= 11 is 0. The summed E-state index contributed by atoms with van der Waals surface area (Å²) in [6.45, 7) is 4.02. The van der Waals surface area contributed by atoms with Gasteiger partial charge in [0.25, 0.3) is 0 Å². The average Bonchev–Trinajstić information content (AvgIpc) is 2.75. The van der Waals surface area contributed by atoms with E-state index >= 15 is 0 Å². The lowest BCUT2D eigenvalue weighted by atomic mass is 9.93. The average molecular weight is 317 g/mol. The molecule has 2 rings (SSSR count). The molecule has 3 nitrogen and oxygen atoms in total. The van der Waals surface area contributed by atoms with E-state index in [2.05, 4.69) is 5.32 Å². The van der Waals surface area contributed by atoms with Crippen molar-refractivity contribution in [3.63, 3.8) is 0 Å². The molecule has 1 aliphatic rings. The van der Waals surface area contributed by atoms with Crippen molar-refractivity contribution < 1.29 is 17.2 Å². The van der Waals surface area contributed by atoms with Crippen LogP contribution in [0.25, 0.3) is 0 Å². The smallest absolute Gasteiger partial charge is 0.163 e. The van der Waals surface area contributed by atoms with E-state index in [0.29, 0.717) is 19.4 Å². The molecule has 118 valence electrons. The molecule has 21 heavy (non-hydrogen) atoms. The number of aryl methyl sites for hydroxylation is 1. The number of halogens is 2. The van der Waals surface area contributed by atoms with E-state index in [1.807, 2.05) is 6.92 Å². The second kappa shape index (κ2) is 6.40. The van der Waals surface area contributed by atoms with Crippen LogP contribution >= 0.6 is 0 Å². The van der Waals surface area contributed by atoms with Crippen molar-refractivity contribution in [3.05, 3.63) is 34.9 Å². The summed E-state index contributed by atoms with van der Waals surface area (Å²) in [6.07, 6.45) is 1.10. The summed E-state index contributed by atoms with van der Waals surface area (Å²) in [6, 6.07) is 2.79. The molecule has 1 aromatic carbocycles. The minimum Gasteiger partial charge on any atom is -0.310 e. The van der Waals surface area contributed by atoms with Crippen LogP contribution in [-0.2, 0) is 9.84 Å². The first kappa shape index (κ1) is 16.4. The molecule has 6 heteroatoms. The van der Waals surface area contributed by atoms with Crippen molar-refractivity contribution in [1.82, 2.24) is 5.32 Å². The van der Waals surface area contributed by atoms with Gasteiger partial charge in [-0.3, -0.25) is 0 Å². The van der Waals surface area contributed by atoms with Crippen molar-refractivity contribution in [2.75, 3.05) is 18.1 Å². The van der Waals surface area contributed by atoms with Crippen LogP contribution in [0.4, 0.5) is 8.78 Å². The van der Waals surface area contributed by atoms with E-state index in [0.717, 1.165) is 0 Å². The van der Waals surface area contributed by atoms with Gasteiger partial charge < -0.3 is 5.32 Å². The summed E-state index contributed by atoms with van der Waals surface area (Å²) in [4.78, 5) is 0. The van der Waals surface area contributed by atoms with Crippen LogP contribution in [0.5, 0.6) is 0 Å². The molecule has 0 radical (unpaired) electrons. The molecule has 0 spiro atoms. The summed E-state index contributed by atoms with van der Waals surface area (Å²) < 4.78 is 50.9. The van der Waals surface area contributed by atoms with Crippen LogP contribution in [0, 0.1) is 24.5 Å². The van der Waals surface area contributed by atoms with Gasteiger partial charge in [-0.25, -0.2) is 17.2 Å². The number of hydrogen-bond acceptors (Lipinski definition) is 3. The quantitative estimate of drug-likeness (QED) is 0.908. The topological polar surface area (TPSA) is 46.2 Å². The summed E-state index contributed by atoms with van der Waals surface area (Å²) in [7, 11) is -2.96. The Morgan fingerprint density at radius 2 is 2.05 bits per heavy atom. The number of benzene rings is 1. The second-order valence-electron chi connectivity index (χ2n) is 5.71. The zero-order valence-corrected chi connectivity index (χ0v) is 13.1. The third kappa shape index (κ3) is 3.80. The highest BCUT2D eigenvalue weighted by atomic mass is 32.2. The fraction of sp³-hybridized carbons (Fsp3) is 0.600. The number of rotatable bonds is 5. The molecule has 1 aliphatic heterocycles. The first-order chi connectivity index (χ1) is 9.84. The first-order valence-corrected chi connectivity index (χ1v) is 9.04. The van der Waals surface area contributed by atoms with E-state index in [-0.39, 0.29) is 34.6 Å². The Labute approximate surface area is 124 Å². The standard InChI is InChI=1S/C15H21F2NO2S/c1-3-18-13(8-11-6-7-21(19,20)9-11)12-5-4-10(2)14(16)15(12)17/h4-5,11,13,18H,3,6-9H2,1-2H3. The van der Waals surface area contributed by atoms with Gasteiger partial charge in [0.05, 0.1) is 11.5 Å². The zero-order valence-electron chi connectivity index (χ0n) is 12.3. The van der Waals surface area contributed by atoms with Gasteiger partial charge >= 0.3 is 0 Å². The molecule has 0 aromatic heterocycles. The summed E-state index contributed by atoms with van der Waals surface area (Å²) in [5, 5.41) is 3.14. The minimum absolute atomic E-state index is 0.00261. The van der Waals surface area contributed by atoms with Gasteiger partial charge in [-0.2, -0.15) is 0 Å². The number of sulfone groups is 1. The molecule has 2 unspecified atom stereocenters. The lowest BCUT2D eigenvalue weighted by Crippen LogP contribution is -2.25. The molecule has 2 atom stereocenters. The van der Waals surface area contributed by atoms with Gasteiger partial charge in [0.1, 0.15) is 0 Å². The zero-order chi connectivity index (χ0) is 15.6. The molecule has 0 amide bonds. The molecular weight excluding hydrogens is 296 g/mol. The van der Waals surface area contributed by atoms with Gasteiger partial charge in [-0.05, 0) is 37.8 Å². The van der Waals surface area contributed by atoms with E-state index in [1.165, 1.54) is 6.92 Å². The highest BCUT2D eigenvalue weighted by Gasteiger charge is 2.31. The Morgan fingerprint density at radius 3 is 2.62 bits per heavy atom. The maximum absolute atomic E-state index is 14.1. The van der Waals surface area contributed by atoms with Crippen LogP contribution in [0.1, 0.15) is 36.9 Å². The Balaban J connectivity index is 2.21. The number of hydrogen-bond donors (Lipinski definition) is 1. The van der Waals surface area contributed by atoms with Gasteiger partial charge in [0.2, 0.25) is 0 Å². The van der Waals surface area contributed by atoms with Crippen molar-refractivity contribution in [1.29, 1.82) is 0 Å². The van der Waals surface area contributed by atoms with Crippen molar-refractivity contribution in [3.8, 4) is 0 Å². The molecule has 1 fully saturated rings. The lowest BCUT2D eigenvalue weighted by Gasteiger charge is -2.22. The molecule has 0 aliphatic carbocycles. The van der Waals surface area contributed by atoms with Crippen LogP contribution in [-0.4, -0.2) is 26.5 Å². The van der Waals surface area contributed by atoms with Crippen LogP contribution in [0.3, 0.4) is 0 Å². The normalized spacial score (nSPS) is 22.4. The second-order valence-corrected chi connectivity index (χ2v) is 7.94. The van der Waals surface area contributed by atoms with E-state index in [9.17, 15) is 17.2 Å². The Kier molecular flexibility index (Phi) is 4.99. The van der Waals surface area contributed by atoms with Gasteiger partial charge in [-0.1, -0.05) is 19.1 Å². The van der Waals surface area contributed by atoms with Crippen molar-refractivity contribution in [2.45, 2.75) is 32.7 Å². The lowest BCUT2D eigenvalue weighted by molar-refractivity contribution is 0.399. The molecule has 1 saturated heterocycles. The predicted octanol–water partition coefficient (Wildman–Crippen LogP) is 2.75. The molecule has 1 aromatic rings. The van der Waals surface area contributed by atoms with Crippen molar-refractivity contribution >= 4 is 9.84 Å². The number of nitrogens with one attached hydrogen (secondary N) is 1. The third-order valence-electron chi connectivity index (χ3n) is 4.03. The molecule has 0 bridgehead atoms. The van der Waals surface area contributed by atoms with Crippen LogP contribution < -0.4 is 5.32 Å². The van der Waals surface area contributed by atoms with Gasteiger partial charge in [-0.15, -0.1) is 0 Å². The Morgan fingerprint density at radius 1 is 1.33 bits per heavy atom. The predicted molar refractivity (Wildman–Crippen MR) is 78.9 cm³/mol.